The van der Waals surface area contributed by atoms with E-state index >= 15 is 0 Å². The van der Waals surface area contributed by atoms with Crippen LogP contribution in [0.15, 0.2) is 47.6 Å². The van der Waals surface area contributed by atoms with Crippen molar-refractivity contribution in [2.24, 2.45) is 5.10 Å². The first-order valence-corrected chi connectivity index (χ1v) is 11.2. The van der Waals surface area contributed by atoms with Gasteiger partial charge in [-0.15, -0.1) is 11.8 Å². The lowest BCUT2D eigenvalue weighted by Crippen LogP contribution is -2.30. The molecule has 0 bridgehead atoms. The van der Waals surface area contributed by atoms with Gasteiger partial charge in [0, 0.05) is 17.3 Å². The first kappa shape index (κ1) is 19.8. The zero-order valence-corrected chi connectivity index (χ0v) is 17.2. The summed E-state index contributed by atoms with van der Waals surface area (Å²) >= 11 is 3.49. The molecule has 142 valence electrons. The Bertz CT molecular complexity index is 782. The van der Waals surface area contributed by atoms with Crippen molar-refractivity contribution in [1.82, 2.24) is 5.43 Å². The molecule has 1 amide bonds. The van der Waals surface area contributed by atoms with Crippen LogP contribution in [0, 0.1) is 13.8 Å². The quantitative estimate of drug-likeness (QED) is 0.533. The number of rotatable bonds is 8. The minimum atomic E-state index is -0.0944. The fourth-order valence-corrected chi connectivity index (χ4v) is 4.05. The lowest BCUT2D eigenvalue weighted by molar-refractivity contribution is -0.118. The smallest absolute Gasteiger partial charge is 0.250 e. The van der Waals surface area contributed by atoms with Crippen LogP contribution in [0.5, 0.6) is 5.75 Å². The molecule has 1 fully saturated rings. The second-order valence-electron chi connectivity index (χ2n) is 6.63. The average Bonchev–Trinajstić information content (AvgIpc) is 2.58. The third kappa shape index (κ3) is 6.63. The first-order valence-electron chi connectivity index (χ1n) is 8.90. The number of hydrazone groups is 1. The Morgan fingerprint density at radius 3 is 2.56 bits per heavy atom. The number of carbonyl (C=O) groups excluding carboxylic acids is 1. The Morgan fingerprint density at radius 2 is 1.93 bits per heavy atom. The van der Waals surface area contributed by atoms with Gasteiger partial charge >= 0.3 is 0 Å². The van der Waals surface area contributed by atoms with Crippen LogP contribution in [-0.4, -0.2) is 35.5 Å². The maximum atomic E-state index is 11.9. The maximum absolute atomic E-state index is 11.9. The predicted molar refractivity (Wildman–Crippen MR) is 116 cm³/mol. The number of hydrogen-bond acceptors (Lipinski definition) is 5. The van der Waals surface area contributed by atoms with Gasteiger partial charge in [-0.05, 0) is 49.2 Å². The van der Waals surface area contributed by atoms with Crippen LogP contribution < -0.4 is 10.2 Å². The molecular weight excluding hydrogens is 376 g/mol. The number of thioether (sulfide) groups is 2. The summed E-state index contributed by atoms with van der Waals surface area (Å²) in [5.74, 6) is 4.12. The second-order valence-corrected chi connectivity index (χ2v) is 8.69. The molecule has 6 heteroatoms. The van der Waals surface area contributed by atoms with Gasteiger partial charge in [0.05, 0.1) is 12.0 Å². The number of ether oxygens (including phenoxy) is 1. The van der Waals surface area contributed by atoms with Gasteiger partial charge in [-0.3, -0.25) is 4.79 Å². The second kappa shape index (κ2) is 9.85. The van der Waals surface area contributed by atoms with E-state index in [1.54, 1.807) is 18.0 Å². The number of hydrogen-bond donors (Lipinski definition) is 1. The highest BCUT2D eigenvalue weighted by Crippen LogP contribution is 2.23. The van der Waals surface area contributed by atoms with Crippen molar-refractivity contribution in [3.8, 4) is 5.75 Å². The summed E-state index contributed by atoms with van der Waals surface area (Å²) in [6.07, 6.45) is 1.99. The van der Waals surface area contributed by atoms with Crippen molar-refractivity contribution in [3.63, 3.8) is 0 Å². The number of amides is 1. The molecular formula is C21H24N2O2S2. The normalized spacial score (nSPS) is 14.1. The Morgan fingerprint density at radius 1 is 1.22 bits per heavy atom. The summed E-state index contributed by atoms with van der Waals surface area (Å²) in [6, 6.07) is 14.2. The van der Waals surface area contributed by atoms with Gasteiger partial charge < -0.3 is 4.74 Å². The molecule has 1 N–H and O–H groups in total. The number of carbonyl (C=O) groups is 1. The molecule has 0 spiro atoms. The number of nitrogens with zero attached hydrogens (tertiary/aromatic N) is 1. The topological polar surface area (TPSA) is 50.7 Å². The van der Waals surface area contributed by atoms with Crippen LogP contribution >= 0.6 is 23.5 Å². The van der Waals surface area contributed by atoms with E-state index in [1.807, 2.05) is 36.0 Å². The summed E-state index contributed by atoms with van der Waals surface area (Å²) in [6.45, 7) is 4.18. The van der Waals surface area contributed by atoms with Crippen molar-refractivity contribution in [2.45, 2.75) is 25.7 Å². The summed E-state index contributed by atoms with van der Waals surface area (Å²) < 4.78 is 5.81. The van der Waals surface area contributed by atoms with Crippen LogP contribution in [-0.2, 0) is 10.5 Å². The van der Waals surface area contributed by atoms with E-state index in [1.165, 1.54) is 16.7 Å². The lowest BCUT2D eigenvalue weighted by atomic mass is 10.1. The number of nitrogens with one attached hydrogen (secondary N) is 1. The van der Waals surface area contributed by atoms with E-state index in [4.69, 9.17) is 4.74 Å². The molecule has 0 radical (unpaired) electrons. The van der Waals surface area contributed by atoms with E-state index in [0.717, 1.165) is 28.6 Å². The zero-order valence-electron chi connectivity index (χ0n) is 15.6. The van der Waals surface area contributed by atoms with E-state index in [9.17, 15) is 4.79 Å². The SMILES string of the molecule is Cc1cc(C)cc(CSCC(=O)N/N=C/c2ccc(OC3CSC3)cc2)c1. The molecule has 1 aliphatic heterocycles. The van der Waals surface area contributed by atoms with Crippen LogP contribution in [0.4, 0.5) is 0 Å². The van der Waals surface area contributed by atoms with E-state index in [-0.39, 0.29) is 5.91 Å². The minimum absolute atomic E-state index is 0.0944. The van der Waals surface area contributed by atoms with Gasteiger partial charge in [-0.1, -0.05) is 29.3 Å². The van der Waals surface area contributed by atoms with Crippen LogP contribution in [0.1, 0.15) is 22.3 Å². The molecule has 0 unspecified atom stereocenters. The highest BCUT2D eigenvalue weighted by Gasteiger charge is 2.19. The van der Waals surface area contributed by atoms with Crippen LogP contribution in [0.25, 0.3) is 0 Å². The Labute approximate surface area is 169 Å². The molecule has 1 aliphatic rings. The molecule has 2 aromatic carbocycles. The van der Waals surface area contributed by atoms with E-state index < -0.39 is 0 Å². The highest BCUT2D eigenvalue weighted by atomic mass is 32.2. The van der Waals surface area contributed by atoms with Gasteiger partial charge in [0.25, 0.3) is 0 Å². The molecule has 4 nitrogen and oxygen atoms in total. The molecule has 0 aromatic heterocycles. The fourth-order valence-electron chi connectivity index (χ4n) is 2.73. The minimum Gasteiger partial charge on any atom is -0.489 e. The van der Waals surface area contributed by atoms with Gasteiger partial charge in [0.1, 0.15) is 11.9 Å². The van der Waals surface area contributed by atoms with Gasteiger partial charge in [-0.2, -0.15) is 16.9 Å². The largest absolute Gasteiger partial charge is 0.489 e. The molecule has 3 rings (SSSR count). The van der Waals surface area contributed by atoms with Crippen molar-refractivity contribution < 1.29 is 9.53 Å². The monoisotopic (exact) mass is 400 g/mol. The van der Waals surface area contributed by atoms with Crippen molar-refractivity contribution >= 4 is 35.6 Å². The number of benzene rings is 2. The molecule has 0 saturated carbocycles. The van der Waals surface area contributed by atoms with Crippen molar-refractivity contribution in [2.75, 3.05) is 17.3 Å². The molecule has 0 atom stereocenters. The molecule has 0 aliphatic carbocycles. The Balaban J connectivity index is 1.37. The summed E-state index contributed by atoms with van der Waals surface area (Å²) in [5.41, 5.74) is 7.26. The van der Waals surface area contributed by atoms with Crippen molar-refractivity contribution in [1.29, 1.82) is 0 Å². The third-order valence-corrected chi connectivity index (χ3v) is 6.20. The Hall–Kier alpha value is -1.92. The number of aryl methyl sites for hydroxylation is 2. The van der Waals surface area contributed by atoms with Gasteiger partial charge in [-0.25, -0.2) is 5.43 Å². The van der Waals surface area contributed by atoms with Crippen molar-refractivity contribution in [3.05, 3.63) is 64.7 Å². The van der Waals surface area contributed by atoms with E-state index in [0.29, 0.717) is 11.9 Å². The standard InChI is InChI=1S/C21H24N2O2S2/c1-15-7-16(2)9-18(8-15)11-26-14-21(24)23-22-10-17-3-5-19(6-4-17)25-20-12-27-13-20/h3-10,20H,11-14H2,1-2H3,(H,23,24)/b22-10+. The summed E-state index contributed by atoms with van der Waals surface area (Å²) in [7, 11) is 0. The zero-order chi connectivity index (χ0) is 19.1. The predicted octanol–water partition coefficient (Wildman–Crippen LogP) is 4.18. The van der Waals surface area contributed by atoms with E-state index in [2.05, 4.69) is 42.6 Å². The molecule has 1 heterocycles. The van der Waals surface area contributed by atoms with Gasteiger partial charge in [0.15, 0.2) is 0 Å². The summed E-state index contributed by atoms with van der Waals surface area (Å²) in [5, 5.41) is 4.03. The average molecular weight is 401 g/mol. The van der Waals surface area contributed by atoms with Crippen LogP contribution in [0.3, 0.4) is 0 Å². The third-order valence-electron chi connectivity index (χ3n) is 3.98. The van der Waals surface area contributed by atoms with Gasteiger partial charge in [0.2, 0.25) is 5.91 Å². The lowest BCUT2D eigenvalue weighted by Gasteiger charge is -2.25. The highest BCUT2D eigenvalue weighted by molar-refractivity contribution is 8.00. The Kier molecular flexibility index (Phi) is 7.24. The summed E-state index contributed by atoms with van der Waals surface area (Å²) in [4.78, 5) is 11.9. The maximum Gasteiger partial charge on any atom is 0.250 e. The molecule has 27 heavy (non-hydrogen) atoms. The molecule has 2 aromatic rings. The molecule has 1 saturated heterocycles. The first-order chi connectivity index (χ1) is 13.1. The fraction of sp³-hybridized carbons (Fsp3) is 0.333. The van der Waals surface area contributed by atoms with Crippen LogP contribution in [0.2, 0.25) is 0 Å².